The van der Waals surface area contributed by atoms with E-state index in [1.807, 2.05) is 14.7 Å². The molecular formula is C24H21Cl2N3O4S. The summed E-state index contributed by atoms with van der Waals surface area (Å²) in [6, 6.07) is 9.46. The Hall–Kier alpha value is -2.81. The van der Waals surface area contributed by atoms with Crippen LogP contribution in [0, 0.1) is 0 Å². The summed E-state index contributed by atoms with van der Waals surface area (Å²) >= 11 is 12.9. The zero-order valence-electron chi connectivity index (χ0n) is 18.0. The summed E-state index contributed by atoms with van der Waals surface area (Å²) in [4.78, 5) is 31.6. The molecule has 176 valence electrons. The average molecular weight is 518 g/mol. The lowest BCUT2D eigenvalue weighted by atomic mass is 10.0. The quantitative estimate of drug-likeness (QED) is 0.458. The van der Waals surface area contributed by atoms with Gasteiger partial charge in [-0.3, -0.25) is 9.59 Å². The van der Waals surface area contributed by atoms with Gasteiger partial charge in [0.05, 0.1) is 15.5 Å². The number of phenolic OH excluding ortho intramolecular Hbond substituents is 2. The molecular weight excluding hydrogens is 497 g/mol. The van der Waals surface area contributed by atoms with Gasteiger partial charge in [0.2, 0.25) is 11.6 Å². The molecule has 0 amide bonds. The molecule has 3 heterocycles. The third-order valence-electron chi connectivity index (χ3n) is 5.55. The third-order valence-corrected chi connectivity index (χ3v) is 7.12. The molecule has 0 bridgehead atoms. The van der Waals surface area contributed by atoms with E-state index in [0.717, 1.165) is 39.3 Å². The number of hydrogen-bond acceptors (Lipinski definition) is 8. The lowest BCUT2D eigenvalue weighted by Crippen LogP contribution is -2.29. The van der Waals surface area contributed by atoms with E-state index in [-0.39, 0.29) is 23.1 Å². The van der Waals surface area contributed by atoms with Crippen molar-refractivity contribution in [1.29, 1.82) is 0 Å². The highest BCUT2D eigenvalue weighted by molar-refractivity contribution is 7.99. The Morgan fingerprint density at radius 2 is 1.18 bits per heavy atom. The lowest BCUT2D eigenvalue weighted by molar-refractivity contribution is -0.117. The fourth-order valence-corrected chi connectivity index (χ4v) is 4.96. The molecule has 3 fully saturated rings. The zero-order valence-corrected chi connectivity index (χ0v) is 20.3. The number of halogens is 2. The Morgan fingerprint density at radius 1 is 0.706 bits per heavy atom. The number of carbonyl (C=O) groups is 2. The normalized spacial score (nSPS) is 18.5. The van der Waals surface area contributed by atoms with Crippen molar-refractivity contribution in [1.82, 2.24) is 14.7 Å². The maximum Gasteiger partial charge on any atom is 0.227 e. The van der Waals surface area contributed by atoms with E-state index in [1.165, 1.54) is 30.0 Å². The molecule has 10 heteroatoms. The Morgan fingerprint density at radius 3 is 1.65 bits per heavy atom. The molecule has 4 aliphatic rings. The van der Waals surface area contributed by atoms with E-state index >= 15 is 0 Å². The van der Waals surface area contributed by atoms with Crippen molar-refractivity contribution in [3.63, 3.8) is 0 Å². The monoisotopic (exact) mass is 517 g/mol. The number of ketones is 2. The molecule has 3 saturated heterocycles. The molecule has 2 aromatic rings. The molecule has 7 nitrogen and oxygen atoms in total. The number of aromatic hydroxyl groups is 2. The largest absolute Gasteiger partial charge is 0.507 e. The maximum absolute atomic E-state index is 12.4. The lowest BCUT2D eigenvalue weighted by Gasteiger charge is -2.21. The minimum Gasteiger partial charge on any atom is -0.507 e. The van der Waals surface area contributed by atoms with Crippen molar-refractivity contribution in [3.8, 4) is 11.5 Å². The van der Waals surface area contributed by atoms with Crippen molar-refractivity contribution in [3.05, 3.63) is 69.6 Å². The van der Waals surface area contributed by atoms with E-state index in [0.29, 0.717) is 36.9 Å². The van der Waals surface area contributed by atoms with Gasteiger partial charge in [0.1, 0.15) is 22.9 Å². The fraction of sp³-hybridized carbons (Fsp3) is 0.250. The molecule has 0 radical (unpaired) electrons. The van der Waals surface area contributed by atoms with Crippen molar-refractivity contribution in [2.24, 2.45) is 0 Å². The summed E-state index contributed by atoms with van der Waals surface area (Å²) in [5.74, 6) is 0.268. The summed E-state index contributed by atoms with van der Waals surface area (Å²) in [6.45, 7) is 5.41. The highest BCUT2D eigenvalue weighted by atomic mass is 35.5. The van der Waals surface area contributed by atoms with Crippen molar-refractivity contribution < 1.29 is 19.8 Å². The summed E-state index contributed by atoms with van der Waals surface area (Å²) in [5.41, 5.74) is 1.89. The van der Waals surface area contributed by atoms with Crippen LogP contribution in [-0.2, 0) is 9.59 Å². The van der Waals surface area contributed by atoms with Gasteiger partial charge in [-0.05, 0) is 36.4 Å². The number of benzene rings is 2. The van der Waals surface area contributed by atoms with Crippen LogP contribution < -0.4 is 0 Å². The standard InChI is InChI=1S/C12H8Cl2O2S.C12H13N3O2/c13-7-1-3-9(15)11(5-7)17-12-6-8(14)2-4-10(12)16;16-9-7-8(13-1-2-13)12(17)11(15-5-6-15)10(9)14-3-4-14/h1-6,15-16H;7H,1-6H2. The van der Waals surface area contributed by atoms with Crippen LogP contribution in [0.25, 0.3) is 0 Å². The first kappa shape index (κ1) is 23.0. The first-order valence-electron chi connectivity index (χ1n) is 10.8. The van der Waals surface area contributed by atoms with Gasteiger partial charge in [0.15, 0.2) is 0 Å². The topological polar surface area (TPSA) is 83.6 Å². The van der Waals surface area contributed by atoms with Crippen LogP contribution in [0.2, 0.25) is 10.0 Å². The highest BCUT2D eigenvalue weighted by Gasteiger charge is 2.43. The second-order valence-electron chi connectivity index (χ2n) is 8.21. The van der Waals surface area contributed by atoms with E-state index in [4.69, 9.17) is 23.2 Å². The third kappa shape index (κ3) is 4.99. The number of carbonyl (C=O) groups excluding carboxylic acids is 2. The molecule has 0 unspecified atom stereocenters. The number of phenols is 2. The van der Waals surface area contributed by atoms with E-state index in [1.54, 1.807) is 24.3 Å². The van der Waals surface area contributed by atoms with Gasteiger partial charge < -0.3 is 24.9 Å². The summed E-state index contributed by atoms with van der Waals surface area (Å²) in [5, 5.41) is 20.4. The Kier molecular flexibility index (Phi) is 6.14. The Balaban J connectivity index is 0.000000142. The van der Waals surface area contributed by atoms with Gasteiger partial charge in [-0.25, -0.2) is 0 Å². The number of rotatable bonds is 5. The van der Waals surface area contributed by atoms with Gasteiger partial charge in [-0.15, -0.1) is 0 Å². The highest BCUT2D eigenvalue weighted by Crippen LogP contribution is 2.40. The predicted molar refractivity (Wildman–Crippen MR) is 130 cm³/mol. The first-order chi connectivity index (χ1) is 16.3. The molecule has 34 heavy (non-hydrogen) atoms. The van der Waals surface area contributed by atoms with Crippen LogP contribution in [0.3, 0.4) is 0 Å². The van der Waals surface area contributed by atoms with Crippen LogP contribution in [0.15, 0.2) is 69.4 Å². The van der Waals surface area contributed by atoms with Gasteiger partial charge in [0, 0.05) is 55.4 Å². The molecule has 2 aromatic carbocycles. The number of nitrogens with zero attached hydrogens (tertiary/aromatic N) is 3. The van der Waals surface area contributed by atoms with E-state index in [9.17, 15) is 19.8 Å². The van der Waals surface area contributed by atoms with Crippen molar-refractivity contribution in [2.75, 3.05) is 39.3 Å². The minimum atomic E-state index is 0.00546. The van der Waals surface area contributed by atoms with Crippen LogP contribution in [0.5, 0.6) is 11.5 Å². The second-order valence-corrected chi connectivity index (χ2v) is 10.2. The Bertz CT molecular complexity index is 1200. The second kappa shape index (κ2) is 9.09. The predicted octanol–water partition coefficient (Wildman–Crippen LogP) is 3.74. The molecule has 1 aliphatic carbocycles. The smallest absolute Gasteiger partial charge is 0.227 e. The van der Waals surface area contributed by atoms with E-state index < -0.39 is 0 Å². The van der Waals surface area contributed by atoms with Crippen LogP contribution in [0.4, 0.5) is 0 Å². The summed E-state index contributed by atoms with van der Waals surface area (Å²) in [6.07, 6.45) is 1.52. The molecule has 3 aliphatic heterocycles. The van der Waals surface area contributed by atoms with Gasteiger partial charge >= 0.3 is 0 Å². The van der Waals surface area contributed by atoms with E-state index in [2.05, 4.69) is 0 Å². The number of Topliss-reactive ketones (excluding diaryl/α,β-unsaturated/α-hetero) is 1. The van der Waals surface area contributed by atoms with Crippen molar-refractivity contribution in [2.45, 2.75) is 9.79 Å². The van der Waals surface area contributed by atoms with Crippen molar-refractivity contribution >= 4 is 46.5 Å². The molecule has 2 N–H and O–H groups in total. The first-order valence-corrected chi connectivity index (χ1v) is 12.3. The van der Waals surface area contributed by atoms with Gasteiger partial charge in [-0.1, -0.05) is 35.0 Å². The SMILES string of the molecule is O=C1C=C(N2CC2)C(=O)C(N2CC2)=C1N1CC1.Oc1ccc(Cl)cc1Sc1cc(Cl)ccc1O. The number of allylic oxidation sites excluding steroid dienone is 1. The fourth-order valence-electron chi connectivity index (χ4n) is 3.53. The van der Waals surface area contributed by atoms with Gasteiger partial charge in [-0.2, -0.15) is 0 Å². The molecule has 6 rings (SSSR count). The maximum atomic E-state index is 12.4. The van der Waals surface area contributed by atoms with Crippen LogP contribution in [-0.4, -0.2) is 75.7 Å². The molecule has 0 aromatic heterocycles. The Labute approximate surface area is 210 Å². The summed E-state index contributed by atoms with van der Waals surface area (Å²) < 4.78 is 0. The summed E-state index contributed by atoms with van der Waals surface area (Å²) in [7, 11) is 0. The van der Waals surface area contributed by atoms with Gasteiger partial charge in [0.25, 0.3) is 0 Å². The van der Waals surface area contributed by atoms with Crippen LogP contribution >= 0.6 is 35.0 Å². The molecule has 0 atom stereocenters. The molecule has 0 spiro atoms. The zero-order chi connectivity index (χ0) is 24.0. The number of hydrogen-bond donors (Lipinski definition) is 2. The molecule has 0 saturated carbocycles. The average Bonchev–Trinajstić information content (AvgIpc) is 3.63. The minimum absolute atomic E-state index is 0.00546. The van der Waals surface area contributed by atoms with Crippen LogP contribution in [0.1, 0.15) is 0 Å².